The van der Waals surface area contributed by atoms with Gasteiger partial charge in [0, 0.05) is 13.1 Å². The molecular formula is C20H16N2O6. The lowest BCUT2D eigenvalue weighted by atomic mass is 10.1. The highest BCUT2D eigenvalue weighted by Gasteiger charge is 2.39. The zero-order valence-corrected chi connectivity index (χ0v) is 14.8. The van der Waals surface area contributed by atoms with Gasteiger partial charge in [-0.3, -0.25) is 14.4 Å². The number of ether oxygens (including phenoxy) is 1. The first kappa shape index (κ1) is 17.9. The van der Waals surface area contributed by atoms with Crippen molar-refractivity contribution in [2.24, 2.45) is 0 Å². The number of rotatable bonds is 3. The van der Waals surface area contributed by atoms with E-state index in [1.165, 1.54) is 24.3 Å². The molecule has 0 unspecified atom stereocenters. The van der Waals surface area contributed by atoms with Crippen LogP contribution in [0.5, 0.6) is 0 Å². The van der Waals surface area contributed by atoms with Gasteiger partial charge in [-0.15, -0.1) is 0 Å². The zero-order valence-electron chi connectivity index (χ0n) is 14.8. The van der Waals surface area contributed by atoms with Gasteiger partial charge in [-0.2, -0.15) is 0 Å². The van der Waals surface area contributed by atoms with Crippen LogP contribution in [0.1, 0.15) is 41.4 Å². The second kappa shape index (κ2) is 7.24. The van der Waals surface area contributed by atoms with Gasteiger partial charge in [0.15, 0.2) is 0 Å². The summed E-state index contributed by atoms with van der Waals surface area (Å²) in [5.74, 6) is -2.72. The van der Waals surface area contributed by atoms with Gasteiger partial charge < -0.3 is 14.5 Å². The minimum atomic E-state index is -0.952. The van der Waals surface area contributed by atoms with Crippen LogP contribution in [0.2, 0.25) is 0 Å². The van der Waals surface area contributed by atoms with Gasteiger partial charge in [-0.1, -0.05) is 29.3 Å². The van der Waals surface area contributed by atoms with E-state index in [1.54, 1.807) is 29.2 Å². The number of hydrogen-bond acceptors (Lipinski definition) is 6. The predicted molar refractivity (Wildman–Crippen MR) is 95.5 cm³/mol. The summed E-state index contributed by atoms with van der Waals surface area (Å²) in [5, 5.41) is 0.434. The average Bonchev–Trinajstić information content (AvgIpc) is 2.99. The molecule has 3 amide bonds. The number of hydroxylamine groups is 2. The topological polar surface area (TPSA) is 93.2 Å². The summed E-state index contributed by atoms with van der Waals surface area (Å²) < 4.78 is 5.24. The summed E-state index contributed by atoms with van der Waals surface area (Å²) >= 11 is 0. The fraction of sp³-hybridized carbons (Fsp3) is 0.200. The third-order valence-electron chi connectivity index (χ3n) is 4.61. The largest absolute Gasteiger partial charge is 0.378 e. The standard InChI is InChI=1S/C20H16N2O6/c23-17(21-9-11-27-12-10-21)15-7-3-4-8-16(15)20(26)28-22-18(24)13-5-1-2-6-14(13)19(22)25/h1-8H,9-12H2. The summed E-state index contributed by atoms with van der Waals surface area (Å²) in [5.41, 5.74) is 0.456. The number of amides is 3. The highest BCUT2D eigenvalue weighted by molar-refractivity contribution is 6.21. The van der Waals surface area contributed by atoms with E-state index in [0.717, 1.165) is 0 Å². The predicted octanol–water partition coefficient (Wildman–Crippen LogP) is 1.53. The number of morpholine rings is 1. The average molecular weight is 380 g/mol. The molecular weight excluding hydrogens is 364 g/mol. The summed E-state index contributed by atoms with van der Waals surface area (Å²) in [6.07, 6.45) is 0. The normalized spacial score (nSPS) is 16.1. The van der Waals surface area contributed by atoms with Gasteiger partial charge in [0.1, 0.15) is 0 Å². The Morgan fingerprint density at radius 1 is 0.821 bits per heavy atom. The molecule has 0 spiro atoms. The second-order valence-electron chi connectivity index (χ2n) is 6.28. The minimum absolute atomic E-state index is 0.0180. The summed E-state index contributed by atoms with van der Waals surface area (Å²) in [6, 6.07) is 12.3. The molecule has 2 heterocycles. The Hall–Kier alpha value is -3.52. The maximum Gasteiger partial charge on any atom is 0.364 e. The van der Waals surface area contributed by atoms with Crippen LogP contribution in [0.15, 0.2) is 48.5 Å². The molecule has 2 aliphatic rings. The lowest BCUT2D eigenvalue weighted by molar-refractivity contribution is -0.0585. The van der Waals surface area contributed by atoms with Crippen molar-refractivity contribution in [2.45, 2.75) is 0 Å². The molecule has 0 aliphatic carbocycles. The monoisotopic (exact) mass is 380 g/mol. The van der Waals surface area contributed by atoms with Gasteiger partial charge in [0.2, 0.25) is 0 Å². The van der Waals surface area contributed by atoms with Gasteiger partial charge in [0.05, 0.1) is 35.5 Å². The van der Waals surface area contributed by atoms with E-state index in [1.807, 2.05) is 0 Å². The molecule has 1 saturated heterocycles. The maximum atomic E-state index is 12.8. The molecule has 142 valence electrons. The van der Waals surface area contributed by atoms with Crippen LogP contribution in [0, 0.1) is 0 Å². The number of hydrogen-bond donors (Lipinski definition) is 0. The van der Waals surface area contributed by atoms with Crippen LogP contribution >= 0.6 is 0 Å². The molecule has 28 heavy (non-hydrogen) atoms. The van der Waals surface area contributed by atoms with E-state index in [0.29, 0.717) is 31.4 Å². The first-order chi connectivity index (χ1) is 13.6. The molecule has 0 saturated carbocycles. The van der Waals surface area contributed by atoms with Crippen molar-refractivity contribution in [1.82, 2.24) is 9.96 Å². The first-order valence-electron chi connectivity index (χ1n) is 8.74. The Balaban J connectivity index is 1.57. The number of imide groups is 1. The van der Waals surface area contributed by atoms with Crippen molar-refractivity contribution in [1.29, 1.82) is 0 Å². The van der Waals surface area contributed by atoms with Gasteiger partial charge in [-0.05, 0) is 24.3 Å². The lowest BCUT2D eigenvalue weighted by Crippen LogP contribution is -2.41. The number of carbonyl (C=O) groups is 4. The third kappa shape index (κ3) is 3.03. The van der Waals surface area contributed by atoms with Crippen molar-refractivity contribution < 1.29 is 28.8 Å². The number of benzene rings is 2. The van der Waals surface area contributed by atoms with Crippen LogP contribution in [-0.4, -0.2) is 60.0 Å². The SMILES string of the molecule is O=C(ON1C(=O)c2ccccc2C1=O)c1ccccc1C(=O)N1CCOCC1. The van der Waals surface area contributed by atoms with Crippen LogP contribution in [0.3, 0.4) is 0 Å². The zero-order chi connectivity index (χ0) is 19.7. The van der Waals surface area contributed by atoms with Crippen molar-refractivity contribution >= 4 is 23.7 Å². The van der Waals surface area contributed by atoms with Crippen molar-refractivity contribution in [3.05, 3.63) is 70.8 Å². The Labute approximate surface area is 160 Å². The number of carbonyl (C=O) groups excluding carboxylic acids is 4. The van der Waals surface area contributed by atoms with Crippen LogP contribution in [0.25, 0.3) is 0 Å². The van der Waals surface area contributed by atoms with Crippen LogP contribution < -0.4 is 0 Å². The Kier molecular flexibility index (Phi) is 4.62. The van der Waals surface area contributed by atoms with Crippen molar-refractivity contribution in [2.75, 3.05) is 26.3 Å². The van der Waals surface area contributed by atoms with E-state index in [2.05, 4.69) is 0 Å². The van der Waals surface area contributed by atoms with E-state index < -0.39 is 17.8 Å². The van der Waals surface area contributed by atoms with Crippen LogP contribution in [0.4, 0.5) is 0 Å². The maximum absolute atomic E-state index is 12.8. The van der Waals surface area contributed by atoms with Gasteiger partial charge in [0.25, 0.3) is 17.7 Å². The molecule has 0 radical (unpaired) electrons. The molecule has 0 N–H and O–H groups in total. The van der Waals surface area contributed by atoms with E-state index in [4.69, 9.17) is 9.57 Å². The molecule has 2 aliphatic heterocycles. The first-order valence-corrected chi connectivity index (χ1v) is 8.74. The highest BCUT2D eigenvalue weighted by Crippen LogP contribution is 2.24. The molecule has 0 aromatic heterocycles. The van der Waals surface area contributed by atoms with E-state index in [-0.39, 0.29) is 28.2 Å². The van der Waals surface area contributed by atoms with E-state index >= 15 is 0 Å². The molecule has 8 nitrogen and oxygen atoms in total. The number of nitrogens with zero attached hydrogens (tertiary/aromatic N) is 2. The highest BCUT2D eigenvalue weighted by atomic mass is 16.7. The number of fused-ring (bicyclic) bond motifs is 1. The van der Waals surface area contributed by atoms with Gasteiger partial charge in [-0.25, -0.2) is 4.79 Å². The molecule has 2 aromatic carbocycles. The molecule has 0 bridgehead atoms. The molecule has 2 aromatic rings. The smallest absolute Gasteiger partial charge is 0.364 e. The molecule has 4 rings (SSSR count). The Morgan fingerprint density at radius 3 is 1.96 bits per heavy atom. The fourth-order valence-electron chi connectivity index (χ4n) is 3.17. The van der Waals surface area contributed by atoms with Crippen molar-refractivity contribution in [3.8, 4) is 0 Å². The van der Waals surface area contributed by atoms with Crippen LogP contribution in [-0.2, 0) is 9.57 Å². The third-order valence-corrected chi connectivity index (χ3v) is 4.61. The Morgan fingerprint density at radius 2 is 1.36 bits per heavy atom. The summed E-state index contributed by atoms with van der Waals surface area (Å²) in [6.45, 7) is 1.68. The lowest BCUT2D eigenvalue weighted by Gasteiger charge is -2.27. The minimum Gasteiger partial charge on any atom is -0.378 e. The van der Waals surface area contributed by atoms with E-state index in [9.17, 15) is 19.2 Å². The quantitative estimate of drug-likeness (QED) is 0.750. The van der Waals surface area contributed by atoms with Gasteiger partial charge >= 0.3 is 5.97 Å². The molecule has 0 atom stereocenters. The Bertz CT molecular complexity index is 945. The van der Waals surface area contributed by atoms with Crippen molar-refractivity contribution in [3.63, 3.8) is 0 Å². The molecule has 8 heteroatoms. The summed E-state index contributed by atoms with van der Waals surface area (Å²) in [4.78, 5) is 56.9. The summed E-state index contributed by atoms with van der Waals surface area (Å²) in [7, 11) is 0. The second-order valence-corrected chi connectivity index (χ2v) is 6.28. The molecule has 1 fully saturated rings. The fourth-order valence-corrected chi connectivity index (χ4v) is 3.17.